The minimum absolute atomic E-state index is 0. The molecule has 0 aromatic heterocycles. The molecule has 0 spiro atoms. The van der Waals surface area contributed by atoms with E-state index in [9.17, 15) is 4.79 Å². The van der Waals surface area contributed by atoms with Crippen molar-refractivity contribution >= 4 is 47.2 Å². The molecule has 1 aromatic rings. The summed E-state index contributed by atoms with van der Waals surface area (Å²) in [5.74, 6) is 0.00105. The summed E-state index contributed by atoms with van der Waals surface area (Å²) < 4.78 is 0. The van der Waals surface area contributed by atoms with Gasteiger partial charge in [-0.3, -0.25) is 4.79 Å². The molecule has 0 atom stereocenters. The van der Waals surface area contributed by atoms with Crippen molar-refractivity contribution in [3.8, 4) is 0 Å². The van der Waals surface area contributed by atoms with Crippen LogP contribution in [0.5, 0.6) is 0 Å². The third-order valence-electron chi connectivity index (χ3n) is 2.56. The Morgan fingerprint density at radius 2 is 1.79 bits per heavy atom. The van der Waals surface area contributed by atoms with Gasteiger partial charge in [0.2, 0.25) is 5.91 Å². The van der Waals surface area contributed by atoms with Crippen LogP contribution in [0.3, 0.4) is 0 Å². The van der Waals surface area contributed by atoms with Gasteiger partial charge in [0.1, 0.15) is 0 Å². The van der Waals surface area contributed by atoms with Crippen LogP contribution >= 0.6 is 35.6 Å². The highest BCUT2D eigenvalue weighted by Crippen LogP contribution is 2.25. The maximum atomic E-state index is 11.6. The van der Waals surface area contributed by atoms with Crippen LogP contribution in [-0.4, -0.2) is 12.5 Å². The van der Waals surface area contributed by atoms with Crippen LogP contribution < -0.4 is 11.1 Å². The average molecular weight is 326 g/mol. The SMILES string of the molecule is Cl.NCCCCCCC(=O)Nc1ccc(Cl)c(Cl)c1. The third kappa shape index (κ3) is 7.63. The van der Waals surface area contributed by atoms with E-state index < -0.39 is 0 Å². The van der Waals surface area contributed by atoms with Gasteiger partial charge in [-0.2, -0.15) is 0 Å². The Kier molecular flexibility index (Phi) is 10.1. The van der Waals surface area contributed by atoms with Crippen molar-refractivity contribution in [2.45, 2.75) is 32.1 Å². The number of carbonyl (C=O) groups excluding carboxylic acids is 1. The number of unbranched alkanes of at least 4 members (excludes halogenated alkanes) is 3. The van der Waals surface area contributed by atoms with E-state index in [1.54, 1.807) is 18.2 Å². The molecule has 19 heavy (non-hydrogen) atoms. The Morgan fingerprint density at radius 3 is 2.42 bits per heavy atom. The first-order valence-corrected chi connectivity index (χ1v) is 6.84. The first-order chi connectivity index (χ1) is 8.63. The highest BCUT2D eigenvalue weighted by atomic mass is 35.5. The fourth-order valence-corrected chi connectivity index (χ4v) is 1.88. The monoisotopic (exact) mass is 324 g/mol. The van der Waals surface area contributed by atoms with Gasteiger partial charge in [-0.05, 0) is 37.6 Å². The molecule has 3 N–H and O–H groups in total. The number of nitrogens with two attached hydrogens (primary N) is 1. The number of carbonyl (C=O) groups is 1. The lowest BCUT2D eigenvalue weighted by molar-refractivity contribution is -0.116. The first-order valence-electron chi connectivity index (χ1n) is 6.08. The fraction of sp³-hybridized carbons (Fsp3) is 0.462. The van der Waals surface area contributed by atoms with Gasteiger partial charge in [0.25, 0.3) is 0 Å². The highest BCUT2D eigenvalue weighted by Gasteiger charge is 2.04. The predicted molar refractivity (Wildman–Crippen MR) is 84.5 cm³/mol. The van der Waals surface area contributed by atoms with Crippen molar-refractivity contribution in [1.82, 2.24) is 0 Å². The molecule has 0 bridgehead atoms. The van der Waals surface area contributed by atoms with Crippen molar-refractivity contribution < 1.29 is 4.79 Å². The smallest absolute Gasteiger partial charge is 0.224 e. The molecule has 6 heteroatoms. The zero-order chi connectivity index (χ0) is 13.4. The molecule has 0 aliphatic heterocycles. The van der Waals surface area contributed by atoms with Gasteiger partial charge < -0.3 is 11.1 Å². The molecule has 108 valence electrons. The van der Waals surface area contributed by atoms with Gasteiger partial charge >= 0.3 is 0 Å². The summed E-state index contributed by atoms with van der Waals surface area (Å²) in [6.45, 7) is 0.718. The molecule has 0 fully saturated rings. The molecule has 0 unspecified atom stereocenters. The van der Waals surface area contributed by atoms with Gasteiger partial charge in [0.15, 0.2) is 0 Å². The standard InChI is InChI=1S/C13H18Cl2N2O.ClH/c14-11-7-6-10(9-12(11)15)17-13(18)5-3-1-2-4-8-16;/h6-7,9H,1-5,8,16H2,(H,17,18);1H. The number of benzene rings is 1. The maximum absolute atomic E-state index is 11.6. The third-order valence-corrected chi connectivity index (χ3v) is 3.30. The van der Waals surface area contributed by atoms with Gasteiger partial charge in [0.05, 0.1) is 10.0 Å². The number of hydrogen-bond donors (Lipinski definition) is 2. The Morgan fingerprint density at radius 1 is 1.11 bits per heavy atom. The number of anilines is 1. The second-order valence-electron chi connectivity index (χ2n) is 4.13. The van der Waals surface area contributed by atoms with Crippen LogP contribution in [0.4, 0.5) is 5.69 Å². The highest BCUT2D eigenvalue weighted by molar-refractivity contribution is 6.42. The zero-order valence-electron chi connectivity index (χ0n) is 10.6. The second kappa shape index (κ2) is 10.3. The molecular formula is C13H19Cl3N2O. The summed E-state index contributed by atoms with van der Waals surface area (Å²) in [7, 11) is 0. The summed E-state index contributed by atoms with van der Waals surface area (Å²) in [4.78, 5) is 11.6. The van der Waals surface area contributed by atoms with Crippen LogP contribution in [0, 0.1) is 0 Å². The van der Waals surface area contributed by atoms with E-state index in [0.717, 1.165) is 32.2 Å². The molecule has 0 aliphatic carbocycles. The van der Waals surface area contributed by atoms with Gasteiger partial charge in [-0.15, -0.1) is 12.4 Å². The van der Waals surface area contributed by atoms with Gasteiger partial charge in [-0.1, -0.05) is 36.0 Å². The molecule has 0 aliphatic rings. The summed E-state index contributed by atoms with van der Waals surface area (Å²) >= 11 is 11.7. The topological polar surface area (TPSA) is 55.1 Å². The van der Waals surface area contributed by atoms with E-state index in [1.807, 2.05) is 0 Å². The largest absolute Gasteiger partial charge is 0.330 e. The van der Waals surface area contributed by atoms with Crippen LogP contribution in [0.15, 0.2) is 18.2 Å². The van der Waals surface area contributed by atoms with E-state index in [1.165, 1.54) is 0 Å². The molecular weight excluding hydrogens is 307 g/mol. The summed E-state index contributed by atoms with van der Waals surface area (Å²) in [6.07, 6.45) is 4.54. The minimum atomic E-state index is 0. The molecule has 0 radical (unpaired) electrons. The van der Waals surface area contributed by atoms with E-state index in [4.69, 9.17) is 28.9 Å². The van der Waals surface area contributed by atoms with Gasteiger partial charge in [-0.25, -0.2) is 0 Å². The quantitative estimate of drug-likeness (QED) is 0.736. The van der Waals surface area contributed by atoms with Crippen molar-refractivity contribution in [2.75, 3.05) is 11.9 Å². The Hall–Kier alpha value is -0.480. The molecule has 1 rings (SSSR count). The van der Waals surface area contributed by atoms with Gasteiger partial charge in [0, 0.05) is 12.1 Å². The molecule has 0 saturated heterocycles. The Bertz CT molecular complexity index is 399. The first kappa shape index (κ1) is 18.5. The average Bonchev–Trinajstić information content (AvgIpc) is 2.34. The number of hydrogen-bond acceptors (Lipinski definition) is 2. The van der Waals surface area contributed by atoms with Crippen molar-refractivity contribution in [2.24, 2.45) is 5.73 Å². The lowest BCUT2D eigenvalue weighted by Crippen LogP contribution is -2.11. The minimum Gasteiger partial charge on any atom is -0.330 e. The van der Waals surface area contributed by atoms with Crippen molar-refractivity contribution in [1.29, 1.82) is 0 Å². The van der Waals surface area contributed by atoms with E-state index in [-0.39, 0.29) is 18.3 Å². The number of nitrogens with one attached hydrogen (secondary N) is 1. The molecule has 0 saturated carbocycles. The zero-order valence-corrected chi connectivity index (χ0v) is 13.0. The van der Waals surface area contributed by atoms with Crippen molar-refractivity contribution in [3.05, 3.63) is 28.2 Å². The normalized spacial score (nSPS) is 9.84. The summed E-state index contributed by atoms with van der Waals surface area (Å²) in [5.41, 5.74) is 6.07. The Balaban J connectivity index is 0.00000324. The maximum Gasteiger partial charge on any atom is 0.224 e. The van der Waals surface area contributed by atoms with E-state index in [0.29, 0.717) is 22.2 Å². The van der Waals surface area contributed by atoms with Crippen molar-refractivity contribution in [3.63, 3.8) is 0 Å². The summed E-state index contributed by atoms with van der Waals surface area (Å²) in [5, 5.41) is 3.72. The predicted octanol–water partition coefficient (Wildman–Crippen LogP) is 4.26. The number of halogens is 3. The lowest BCUT2D eigenvalue weighted by atomic mass is 10.1. The number of rotatable bonds is 7. The molecule has 0 heterocycles. The van der Waals surface area contributed by atoms with E-state index >= 15 is 0 Å². The fourth-order valence-electron chi connectivity index (χ4n) is 1.58. The van der Waals surface area contributed by atoms with Crippen LogP contribution in [0.2, 0.25) is 10.0 Å². The van der Waals surface area contributed by atoms with Crippen LogP contribution in [0.25, 0.3) is 0 Å². The van der Waals surface area contributed by atoms with Crippen LogP contribution in [0.1, 0.15) is 32.1 Å². The molecule has 3 nitrogen and oxygen atoms in total. The second-order valence-corrected chi connectivity index (χ2v) is 4.94. The van der Waals surface area contributed by atoms with E-state index in [2.05, 4.69) is 5.32 Å². The Labute approximate surface area is 130 Å². The van der Waals surface area contributed by atoms with Crippen LogP contribution in [-0.2, 0) is 4.79 Å². The number of amides is 1. The lowest BCUT2D eigenvalue weighted by Gasteiger charge is -2.06. The summed E-state index contributed by atoms with van der Waals surface area (Å²) in [6, 6.07) is 5.05. The molecule has 1 aromatic carbocycles. The molecule has 1 amide bonds.